The highest BCUT2D eigenvalue weighted by molar-refractivity contribution is 6.37. The largest absolute Gasteiger partial charge is 0.354 e. The first-order chi connectivity index (χ1) is 9.97. The molecule has 1 N–H and O–H groups in total. The van der Waals surface area contributed by atoms with Gasteiger partial charge in [0.05, 0.1) is 17.2 Å². The van der Waals surface area contributed by atoms with Crippen molar-refractivity contribution in [3.05, 3.63) is 57.8 Å². The van der Waals surface area contributed by atoms with Crippen LogP contribution >= 0.6 is 23.2 Å². The molecule has 2 aromatic rings. The smallest absolute Gasteiger partial charge is 0.246 e. The molecule has 110 valence electrons. The van der Waals surface area contributed by atoms with Crippen LogP contribution in [0.1, 0.15) is 18.2 Å². The number of amides is 1. The van der Waals surface area contributed by atoms with Crippen LogP contribution in [0, 0.1) is 0 Å². The van der Waals surface area contributed by atoms with E-state index in [0.29, 0.717) is 15.8 Å². The topological polar surface area (TPSA) is 46.4 Å². The van der Waals surface area contributed by atoms with Crippen LogP contribution in [0.3, 0.4) is 0 Å². The number of rotatable bonds is 4. The first kappa shape index (κ1) is 15.6. The van der Waals surface area contributed by atoms with Gasteiger partial charge in [-0.25, -0.2) is 5.43 Å². The molecule has 0 saturated carbocycles. The third-order valence-electron chi connectivity index (χ3n) is 3.06. The highest BCUT2D eigenvalue weighted by Gasteiger charge is 2.07. The summed E-state index contributed by atoms with van der Waals surface area (Å²) in [6, 6.07) is 8.93. The Kier molecular flexibility index (Phi) is 5.04. The number of aromatic nitrogens is 1. The summed E-state index contributed by atoms with van der Waals surface area (Å²) in [5, 5.41) is 5.14. The summed E-state index contributed by atoms with van der Waals surface area (Å²) in [7, 11) is 1.89. The number of aryl methyl sites for hydroxylation is 1. The van der Waals surface area contributed by atoms with E-state index >= 15 is 0 Å². The average molecular weight is 324 g/mol. The van der Waals surface area contributed by atoms with E-state index in [1.54, 1.807) is 25.1 Å². The number of carbonyl (C=O) groups is 1. The first-order valence-electron chi connectivity index (χ1n) is 6.36. The molecule has 1 heterocycles. The molecule has 1 aromatic heterocycles. The molecule has 21 heavy (non-hydrogen) atoms. The molecular weight excluding hydrogens is 309 g/mol. The van der Waals surface area contributed by atoms with Crippen LogP contribution in [0.25, 0.3) is 0 Å². The number of benzene rings is 1. The Morgan fingerprint density at radius 2 is 2.10 bits per heavy atom. The Morgan fingerprint density at radius 3 is 2.71 bits per heavy atom. The minimum atomic E-state index is -0.179. The Balaban J connectivity index is 2.03. The second kappa shape index (κ2) is 6.78. The van der Waals surface area contributed by atoms with E-state index in [1.165, 1.54) is 0 Å². The molecule has 2 rings (SSSR count). The highest BCUT2D eigenvalue weighted by Crippen LogP contribution is 2.21. The van der Waals surface area contributed by atoms with Gasteiger partial charge in [0, 0.05) is 29.5 Å². The van der Waals surface area contributed by atoms with Crippen LogP contribution in [-0.4, -0.2) is 16.2 Å². The van der Waals surface area contributed by atoms with Gasteiger partial charge in [-0.15, -0.1) is 0 Å². The van der Waals surface area contributed by atoms with Crippen LogP contribution in [0.5, 0.6) is 0 Å². The molecule has 0 radical (unpaired) electrons. The number of halogens is 2. The lowest BCUT2D eigenvalue weighted by atomic mass is 10.1. The van der Waals surface area contributed by atoms with Crippen LogP contribution in [-0.2, 0) is 18.3 Å². The van der Waals surface area contributed by atoms with Gasteiger partial charge in [-0.3, -0.25) is 4.79 Å². The Bertz CT molecular complexity index is 692. The Labute approximate surface area is 133 Å². The van der Waals surface area contributed by atoms with E-state index in [1.807, 2.05) is 29.9 Å². The predicted molar refractivity (Wildman–Crippen MR) is 85.9 cm³/mol. The minimum absolute atomic E-state index is 0.179. The van der Waals surface area contributed by atoms with Crippen molar-refractivity contribution in [2.75, 3.05) is 0 Å². The maximum Gasteiger partial charge on any atom is 0.246 e. The molecule has 1 aromatic carbocycles. The summed E-state index contributed by atoms with van der Waals surface area (Å²) >= 11 is 11.9. The summed E-state index contributed by atoms with van der Waals surface area (Å²) in [6.07, 6.45) is 2.17. The van der Waals surface area contributed by atoms with Gasteiger partial charge in [-0.1, -0.05) is 29.3 Å². The molecule has 0 aliphatic heterocycles. The van der Waals surface area contributed by atoms with E-state index in [9.17, 15) is 4.79 Å². The van der Waals surface area contributed by atoms with Crippen molar-refractivity contribution in [2.45, 2.75) is 13.3 Å². The predicted octanol–water partition coefficient (Wildman–Crippen LogP) is 3.41. The number of nitrogens with zero attached hydrogens (tertiary/aromatic N) is 2. The van der Waals surface area contributed by atoms with Crippen molar-refractivity contribution < 1.29 is 4.79 Å². The number of hydrogen-bond acceptors (Lipinski definition) is 2. The van der Waals surface area contributed by atoms with Gasteiger partial charge < -0.3 is 4.57 Å². The maximum atomic E-state index is 11.9. The highest BCUT2D eigenvalue weighted by atomic mass is 35.5. The lowest BCUT2D eigenvalue weighted by Gasteiger charge is -2.06. The lowest BCUT2D eigenvalue weighted by Crippen LogP contribution is -2.22. The molecule has 0 fully saturated rings. The second-order valence-electron chi connectivity index (χ2n) is 4.64. The summed E-state index contributed by atoms with van der Waals surface area (Å²) in [6.45, 7) is 1.78. The standard InChI is InChI=1S/C15H15Cl2N3O/c1-10(13-6-5-11(16)8-14(13)17)18-19-15(21)9-12-4-3-7-20(12)2/h3-8H,9H2,1-2H3,(H,19,21). The third kappa shape index (κ3) is 4.09. The van der Waals surface area contributed by atoms with Gasteiger partial charge in [0.2, 0.25) is 5.91 Å². The molecule has 0 aliphatic rings. The molecule has 0 unspecified atom stereocenters. The van der Waals surface area contributed by atoms with Crippen LogP contribution in [0.2, 0.25) is 10.0 Å². The van der Waals surface area contributed by atoms with Gasteiger partial charge in [-0.05, 0) is 31.2 Å². The quantitative estimate of drug-likeness (QED) is 0.680. The number of hydrazone groups is 1. The summed E-state index contributed by atoms with van der Waals surface area (Å²) in [5.41, 5.74) is 4.81. The fourth-order valence-electron chi connectivity index (χ4n) is 1.87. The average Bonchev–Trinajstić information content (AvgIpc) is 2.81. The van der Waals surface area contributed by atoms with E-state index < -0.39 is 0 Å². The summed E-state index contributed by atoms with van der Waals surface area (Å²) in [5.74, 6) is -0.179. The number of nitrogens with one attached hydrogen (secondary N) is 1. The van der Waals surface area contributed by atoms with Crippen molar-refractivity contribution >= 4 is 34.8 Å². The zero-order valence-corrected chi connectivity index (χ0v) is 13.2. The SMILES string of the molecule is CC(=NNC(=O)Cc1cccn1C)c1ccc(Cl)cc1Cl. The maximum absolute atomic E-state index is 11.9. The first-order valence-corrected chi connectivity index (χ1v) is 7.11. The summed E-state index contributed by atoms with van der Waals surface area (Å²) in [4.78, 5) is 11.9. The molecule has 0 bridgehead atoms. The normalized spacial score (nSPS) is 11.5. The van der Waals surface area contributed by atoms with Crippen molar-refractivity contribution in [3.8, 4) is 0 Å². The molecule has 0 atom stereocenters. The van der Waals surface area contributed by atoms with Gasteiger partial charge in [0.15, 0.2) is 0 Å². The van der Waals surface area contributed by atoms with E-state index in [0.717, 1.165) is 11.3 Å². The molecule has 1 amide bonds. The fraction of sp³-hybridized carbons (Fsp3) is 0.200. The van der Waals surface area contributed by atoms with Crippen molar-refractivity contribution in [3.63, 3.8) is 0 Å². The van der Waals surface area contributed by atoms with E-state index in [-0.39, 0.29) is 12.3 Å². The second-order valence-corrected chi connectivity index (χ2v) is 5.49. The van der Waals surface area contributed by atoms with E-state index in [2.05, 4.69) is 10.5 Å². The van der Waals surface area contributed by atoms with Crippen LogP contribution < -0.4 is 5.43 Å². The van der Waals surface area contributed by atoms with Gasteiger partial charge in [0.25, 0.3) is 0 Å². The van der Waals surface area contributed by atoms with Gasteiger partial charge >= 0.3 is 0 Å². The zero-order chi connectivity index (χ0) is 15.4. The molecule has 4 nitrogen and oxygen atoms in total. The third-order valence-corrected chi connectivity index (χ3v) is 3.61. The number of hydrogen-bond donors (Lipinski definition) is 1. The van der Waals surface area contributed by atoms with Gasteiger partial charge in [-0.2, -0.15) is 5.10 Å². The zero-order valence-electron chi connectivity index (χ0n) is 11.7. The van der Waals surface area contributed by atoms with Crippen LogP contribution in [0.4, 0.5) is 0 Å². The molecule has 0 aliphatic carbocycles. The summed E-state index contributed by atoms with van der Waals surface area (Å²) < 4.78 is 1.90. The molecule has 6 heteroatoms. The Morgan fingerprint density at radius 1 is 1.33 bits per heavy atom. The Hall–Kier alpha value is -1.78. The molecule has 0 spiro atoms. The monoisotopic (exact) mass is 323 g/mol. The molecule has 0 saturated heterocycles. The molecular formula is C15H15Cl2N3O. The fourth-order valence-corrected chi connectivity index (χ4v) is 2.42. The van der Waals surface area contributed by atoms with Crippen molar-refractivity contribution in [2.24, 2.45) is 12.1 Å². The number of carbonyl (C=O) groups excluding carboxylic acids is 1. The van der Waals surface area contributed by atoms with E-state index in [4.69, 9.17) is 23.2 Å². The lowest BCUT2D eigenvalue weighted by molar-refractivity contribution is -0.120. The minimum Gasteiger partial charge on any atom is -0.354 e. The van der Waals surface area contributed by atoms with Crippen molar-refractivity contribution in [1.82, 2.24) is 9.99 Å². The van der Waals surface area contributed by atoms with Crippen molar-refractivity contribution in [1.29, 1.82) is 0 Å². The van der Waals surface area contributed by atoms with Gasteiger partial charge in [0.1, 0.15) is 0 Å². The van der Waals surface area contributed by atoms with Crippen LogP contribution in [0.15, 0.2) is 41.6 Å².